The van der Waals surface area contributed by atoms with Crippen LogP contribution < -0.4 is 0 Å². The molecule has 3 heteroatoms. The summed E-state index contributed by atoms with van der Waals surface area (Å²) >= 11 is 3.80. The molecule has 0 saturated heterocycles. The van der Waals surface area contributed by atoms with Gasteiger partial charge in [-0.05, 0) is 42.2 Å². The van der Waals surface area contributed by atoms with Crippen molar-refractivity contribution in [2.75, 3.05) is 0 Å². The van der Waals surface area contributed by atoms with Gasteiger partial charge in [-0.15, -0.1) is 12.6 Å². The van der Waals surface area contributed by atoms with Gasteiger partial charge in [0.1, 0.15) is 0 Å². The number of rotatable bonds is 4. The van der Waals surface area contributed by atoms with Crippen molar-refractivity contribution in [1.82, 2.24) is 4.98 Å². The van der Waals surface area contributed by atoms with Crippen molar-refractivity contribution >= 4 is 23.8 Å². The summed E-state index contributed by atoms with van der Waals surface area (Å²) in [7, 11) is 0. The molecule has 19 heavy (non-hydrogen) atoms. The monoisotopic (exact) mass is 269 g/mol. The first-order valence-electron chi connectivity index (χ1n) is 6.04. The van der Waals surface area contributed by atoms with Crippen LogP contribution in [-0.2, 0) is 11.2 Å². The molecule has 0 aliphatic heterocycles. The molecule has 2 nitrogen and oxygen atoms in total. The van der Waals surface area contributed by atoms with Gasteiger partial charge >= 0.3 is 0 Å². The van der Waals surface area contributed by atoms with Gasteiger partial charge in [-0.25, -0.2) is 0 Å². The number of carbonyl (C=O) groups excluding carboxylic acids is 1. The second-order valence-corrected chi connectivity index (χ2v) is 4.82. The van der Waals surface area contributed by atoms with Gasteiger partial charge in [0.25, 0.3) is 0 Å². The van der Waals surface area contributed by atoms with Crippen molar-refractivity contribution in [2.24, 2.45) is 0 Å². The van der Waals surface area contributed by atoms with E-state index in [0.717, 1.165) is 12.0 Å². The Kier molecular flexibility index (Phi) is 4.53. The summed E-state index contributed by atoms with van der Waals surface area (Å²) in [5, 5.41) is -0.195. The summed E-state index contributed by atoms with van der Waals surface area (Å²) in [5.74, 6) is 0. The summed E-state index contributed by atoms with van der Waals surface area (Å²) in [4.78, 5) is 15.1. The molecule has 0 bridgehead atoms. The second kappa shape index (κ2) is 6.34. The van der Waals surface area contributed by atoms with Crippen LogP contribution in [0.1, 0.15) is 23.6 Å². The summed E-state index contributed by atoms with van der Waals surface area (Å²) in [6.45, 7) is 1.76. The lowest BCUT2D eigenvalue weighted by Crippen LogP contribution is -1.90. The van der Waals surface area contributed by atoms with E-state index in [2.05, 4.69) is 35.8 Å². The maximum atomic E-state index is 11.0. The Morgan fingerprint density at radius 1 is 1.21 bits per heavy atom. The molecule has 1 aromatic heterocycles. The zero-order chi connectivity index (χ0) is 13.7. The minimum Gasteiger partial charge on any atom is -0.282 e. The largest absolute Gasteiger partial charge is 0.282 e. The number of carbonyl (C=O) groups is 1. The zero-order valence-corrected chi connectivity index (χ0v) is 11.6. The second-order valence-electron chi connectivity index (χ2n) is 4.41. The van der Waals surface area contributed by atoms with E-state index in [4.69, 9.17) is 0 Å². The number of aromatic nitrogens is 1. The molecule has 2 rings (SSSR count). The Labute approximate surface area is 118 Å². The van der Waals surface area contributed by atoms with Crippen LogP contribution in [0.3, 0.4) is 0 Å². The van der Waals surface area contributed by atoms with Crippen LogP contribution in [-0.4, -0.2) is 10.1 Å². The van der Waals surface area contributed by atoms with E-state index in [1.54, 1.807) is 13.1 Å². The maximum Gasteiger partial charge on any atom is 0.212 e. The molecule has 2 aromatic rings. The topological polar surface area (TPSA) is 30.0 Å². The number of hydrogen-bond donors (Lipinski definition) is 1. The number of benzene rings is 1. The van der Waals surface area contributed by atoms with Crippen molar-refractivity contribution in [1.29, 1.82) is 0 Å². The maximum absolute atomic E-state index is 11.0. The van der Waals surface area contributed by atoms with Crippen LogP contribution in [0.25, 0.3) is 6.08 Å². The van der Waals surface area contributed by atoms with Crippen LogP contribution in [0.5, 0.6) is 0 Å². The molecule has 0 radical (unpaired) electrons. The summed E-state index contributed by atoms with van der Waals surface area (Å²) in [6.07, 6.45) is 6.34. The molecule has 0 aliphatic carbocycles. The highest BCUT2D eigenvalue weighted by molar-refractivity contribution is 7.97. The molecule has 96 valence electrons. The van der Waals surface area contributed by atoms with Crippen molar-refractivity contribution in [3.63, 3.8) is 0 Å². The molecule has 1 heterocycles. The molecule has 0 aliphatic rings. The number of thiol groups is 1. The third-order valence-electron chi connectivity index (χ3n) is 2.83. The van der Waals surface area contributed by atoms with Crippen LogP contribution >= 0.6 is 12.6 Å². The van der Waals surface area contributed by atoms with E-state index < -0.39 is 0 Å². The lowest BCUT2D eigenvalue weighted by Gasteiger charge is -2.02. The van der Waals surface area contributed by atoms with Gasteiger partial charge in [-0.2, -0.15) is 0 Å². The Balaban J connectivity index is 2.11. The lowest BCUT2D eigenvalue weighted by atomic mass is 10.0. The zero-order valence-electron chi connectivity index (χ0n) is 10.7. The van der Waals surface area contributed by atoms with Crippen molar-refractivity contribution in [2.45, 2.75) is 13.3 Å². The molecule has 1 aromatic carbocycles. The van der Waals surface area contributed by atoms with Crippen LogP contribution in [0.2, 0.25) is 0 Å². The van der Waals surface area contributed by atoms with Gasteiger partial charge in [0, 0.05) is 18.0 Å². The molecule has 0 unspecified atom stereocenters. The van der Waals surface area contributed by atoms with E-state index in [9.17, 15) is 4.79 Å². The lowest BCUT2D eigenvalue weighted by molar-refractivity contribution is -0.107. The van der Waals surface area contributed by atoms with Crippen LogP contribution in [0, 0.1) is 0 Å². The third kappa shape index (κ3) is 4.07. The average molecular weight is 269 g/mol. The standard InChI is InChI=1S/C16H15NOS/c1-12(16(18)19)9-13-4-6-14(7-5-13)10-15-3-2-8-17-11-15/h2-9,11H,10H2,1H3,(H,18,19)/b12-9+. The van der Waals surface area contributed by atoms with Crippen molar-refractivity contribution in [3.05, 3.63) is 71.1 Å². The average Bonchev–Trinajstić information content (AvgIpc) is 2.42. The summed E-state index contributed by atoms with van der Waals surface area (Å²) in [6, 6.07) is 12.1. The van der Waals surface area contributed by atoms with Gasteiger partial charge in [-0.1, -0.05) is 30.3 Å². The predicted molar refractivity (Wildman–Crippen MR) is 81.1 cm³/mol. The normalized spacial score (nSPS) is 11.4. The van der Waals surface area contributed by atoms with E-state index >= 15 is 0 Å². The predicted octanol–water partition coefficient (Wildman–Crippen LogP) is 3.53. The Bertz CT molecular complexity index is 588. The quantitative estimate of drug-likeness (QED) is 0.679. The van der Waals surface area contributed by atoms with Crippen LogP contribution in [0.15, 0.2) is 54.4 Å². The summed E-state index contributed by atoms with van der Waals surface area (Å²) < 4.78 is 0. The van der Waals surface area contributed by atoms with E-state index in [1.807, 2.05) is 30.5 Å². The Morgan fingerprint density at radius 2 is 1.95 bits per heavy atom. The molecule has 0 fully saturated rings. The third-order valence-corrected chi connectivity index (χ3v) is 3.18. The van der Waals surface area contributed by atoms with Gasteiger partial charge in [-0.3, -0.25) is 9.78 Å². The highest BCUT2D eigenvalue weighted by atomic mass is 32.1. The van der Waals surface area contributed by atoms with E-state index in [-0.39, 0.29) is 5.12 Å². The SMILES string of the molecule is C/C(=C\c1ccc(Cc2cccnc2)cc1)C(=O)S. The first-order valence-corrected chi connectivity index (χ1v) is 6.49. The van der Waals surface area contributed by atoms with Crippen LogP contribution in [0.4, 0.5) is 0 Å². The minimum atomic E-state index is -0.195. The molecular weight excluding hydrogens is 254 g/mol. The molecular formula is C16H15NOS. The highest BCUT2D eigenvalue weighted by Crippen LogP contribution is 2.13. The molecule has 0 N–H and O–H groups in total. The smallest absolute Gasteiger partial charge is 0.212 e. The van der Waals surface area contributed by atoms with Gasteiger partial charge in [0.2, 0.25) is 5.12 Å². The number of nitrogens with zero attached hydrogens (tertiary/aromatic N) is 1. The fourth-order valence-corrected chi connectivity index (χ4v) is 1.85. The number of pyridine rings is 1. The first kappa shape index (κ1) is 13.6. The highest BCUT2D eigenvalue weighted by Gasteiger charge is 1.99. The van der Waals surface area contributed by atoms with Gasteiger partial charge in [0.15, 0.2) is 0 Å². The molecule has 0 saturated carbocycles. The minimum absolute atomic E-state index is 0.195. The van der Waals surface area contributed by atoms with Gasteiger partial charge < -0.3 is 0 Å². The molecule has 0 spiro atoms. The van der Waals surface area contributed by atoms with E-state index in [1.165, 1.54) is 11.1 Å². The molecule has 0 atom stereocenters. The van der Waals surface area contributed by atoms with E-state index in [0.29, 0.717) is 5.57 Å². The van der Waals surface area contributed by atoms with Gasteiger partial charge in [0.05, 0.1) is 0 Å². The van der Waals surface area contributed by atoms with Crippen molar-refractivity contribution in [3.8, 4) is 0 Å². The fourth-order valence-electron chi connectivity index (χ4n) is 1.78. The Hall–Kier alpha value is -1.87. The Morgan fingerprint density at radius 3 is 2.53 bits per heavy atom. The number of hydrogen-bond acceptors (Lipinski definition) is 2. The summed E-state index contributed by atoms with van der Waals surface area (Å²) in [5.41, 5.74) is 4.06. The van der Waals surface area contributed by atoms with Crippen molar-refractivity contribution < 1.29 is 4.79 Å². The molecule has 0 amide bonds. The fraction of sp³-hybridized carbons (Fsp3) is 0.125. The first-order chi connectivity index (χ1) is 9.15.